The Labute approximate surface area is 73.5 Å². The van der Waals surface area contributed by atoms with Gasteiger partial charge in [0.05, 0.1) is 0 Å². The van der Waals surface area contributed by atoms with Gasteiger partial charge in [0.25, 0.3) is 0 Å². The van der Waals surface area contributed by atoms with Crippen LogP contribution < -0.4 is 5.73 Å². The highest BCUT2D eigenvalue weighted by molar-refractivity contribution is 9.10. The largest absolute Gasteiger partial charge is 0.326 e. The van der Waals surface area contributed by atoms with Crippen LogP contribution in [-0.2, 0) is 6.54 Å². The first-order valence-electron chi connectivity index (χ1n) is 3.29. The fraction of sp³-hybridized carbons (Fsp3) is 0.250. The van der Waals surface area contributed by atoms with Gasteiger partial charge in [-0.3, -0.25) is 0 Å². The van der Waals surface area contributed by atoms with E-state index in [0.717, 1.165) is 4.47 Å². The molecular weight excluding hydrogens is 209 g/mol. The maximum Gasteiger partial charge on any atom is 0.130 e. The van der Waals surface area contributed by atoms with Crippen molar-refractivity contribution in [1.82, 2.24) is 0 Å². The molecule has 0 radical (unpaired) electrons. The molecule has 0 spiro atoms. The molecule has 0 fully saturated rings. The van der Waals surface area contributed by atoms with Gasteiger partial charge < -0.3 is 5.73 Å². The van der Waals surface area contributed by atoms with Crippen molar-refractivity contribution >= 4 is 15.9 Å². The van der Waals surface area contributed by atoms with Gasteiger partial charge in [-0.15, -0.1) is 0 Å². The van der Waals surface area contributed by atoms with Crippen LogP contribution in [0.4, 0.5) is 4.39 Å². The molecule has 0 unspecified atom stereocenters. The van der Waals surface area contributed by atoms with Crippen LogP contribution in [0.15, 0.2) is 16.6 Å². The molecule has 0 saturated heterocycles. The molecule has 0 heterocycles. The van der Waals surface area contributed by atoms with Crippen LogP contribution in [0, 0.1) is 12.7 Å². The van der Waals surface area contributed by atoms with Crippen LogP contribution in [0.5, 0.6) is 0 Å². The number of halogens is 2. The monoisotopic (exact) mass is 217 g/mol. The molecule has 0 aliphatic heterocycles. The molecule has 1 rings (SSSR count). The lowest BCUT2D eigenvalue weighted by Crippen LogP contribution is -2.01. The van der Waals surface area contributed by atoms with E-state index < -0.39 is 0 Å². The van der Waals surface area contributed by atoms with Gasteiger partial charge in [-0.1, -0.05) is 15.9 Å². The Hall–Kier alpha value is -0.410. The number of hydrogen-bond acceptors (Lipinski definition) is 1. The Kier molecular flexibility index (Phi) is 2.62. The summed E-state index contributed by atoms with van der Waals surface area (Å²) in [6.07, 6.45) is 0. The summed E-state index contributed by atoms with van der Waals surface area (Å²) < 4.78 is 14.0. The third kappa shape index (κ3) is 1.79. The zero-order valence-electron chi connectivity index (χ0n) is 6.20. The Bertz CT molecular complexity index is 273. The van der Waals surface area contributed by atoms with Crippen LogP contribution in [-0.4, -0.2) is 0 Å². The second kappa shape index (κ2) is 3.32. The number of hydrogen-bond donors (Lipinski definition) is 1. The molecule has 0 aromatic heterocycles. The molecule has 2 N–H and O–H groups in total. The number of aryl methyl sites for hydroxylation is 1. The fourth-order valence-corrected chi connectivity index (χ4v) is 1.56. The number of nitrogens with two attached hydrogens (primary N) is 1. The number of benzene rings is 1. The Morgan fingerprint density at radius 3 is 2.73 bits per heavy atom. The summed E-state index contributed by atoms with van der Waals surface area (Å²) >= 11 is 3.27. The molecule has 0 amide bonds. The van der Waals surface area contributed by atoms with E-state index in [-0.39, 0.29) is 12.4 Å². The van der Waals surface area contributed by atoms with Crippen molar-refractivity contribution in [2.45, 2.75) is 13.5 Å². The van der Waals surface area contributed by atoms with Crippen molar-refractivity contribution in [3.63, 3.8) is 0 Å². The van der Waals surface area contributed by atoms with Gasteiger partial charge in [0.2, 0.25) is 0 Å². The molecule has 11 heavy (non-hydrogen) atoms. The van der Waals surface area contributed by atoms with E-state index in [2.05, 4.69) is 15.9 Å². The first-order chi connectivity index (χ1) is 5.15. The molecule has 3 heteroatoms. The van der Waals surface area contributed by atoms with Crippen molar-refractivity contribution < 1.29 is 4.39 Å². The van der Waals surface area contributed by atoms with Crippen LogP contribution in [0.2, 0.25) is 0 Å². The summed E-state index contributed by atoms with van der Waals surface area (Å²) in [6.45, 7) is 1.96. The number of rotatable bonds is 1. The Morgan fingerprint density at radius 2 is 2.18 bits per heavy atom. The molecule has 0 bridgehead atoms. The third-order valence-electron chi connectivity index (χ3n) is 1.51. The van der Waals surface area contributed by atoms with E-state index >= 15 is 0 Å². The van der Waals surface area contributed by atoms with Gasteiger partial charge in [-0.25, -0.2) is 4.39 Å². The average molecular weight is 218 g/mol. The third-order valence-corrected chi connectivity index (χ3v) is 1.97. The van der Waals surface area contributed by atoms with Gasteiger partial charge in [0.1, 0.15) is 5.82 Å². The fourth-order valence-electron chi connectivity index (χ4n) is 0.943. The second-order valence-corrected chi connectivity index (χ2v) is 3.32. The zero-order chi connectivity index (χ0) is 8.43. The van der Waals surface area contributed by atoms with Crippen LogP contribution in [0.3, 0.4) is 0 Å². The molecule has 0 atom stereocenters. The van der Waals surface area contributed by atoms with E-state index in [0.29, 0.717) is 11.1 Å². The molecule has 0 aliphatic carbocycles. The van der Waals surface area contributed by atoms with E-state index in [9.17, 15) is 4.39 Å². The van der Waals surface area contributed by atoms with Crippen LogP contribution in [0.25, 0.3) is 0 Å². The van der Waals surface area contributed by atoms with E-state index in [1.807, 2.05) is 0 Å². The van der Waals surface area contributed by atoms with Crippen molar-refractivity contribution in [3.05, 3.63) is 33.5 Å². The van der Waals surface area contributed by atoms with Crippen LogP contribution in [0.1, 0.15) is 11.1 Å². The lowest BCUT2D eigenvalue weighted by molar-refractivity contribution is 0.601. The van der Waals surface area contributed by atoms with E-state index in [1.54, 1.807) is 19.1 Å². The van der Waals surface area contributed by atoms with Gasteiger partial charge in [0.15, 0.2) is 0 Å². The average Bonchev–Trinajstić information content (AvgIpc) is 1.96. The summed E-state index contributed by atoms with van der Waals surface area (Å²) in [6, 6.07) is 3.43. The highest BCUT2D eigenvalue weighted by Gasteiger charge is 2.04. The van der Waals surface area contributed by atoms with E-state index in [4.69, 9.17) is 5.73 Å². The lowest BCUT2D eigenvalue weighted by atomic mass is 10.1. The first-order valence-corrected chi connectivity index (χ1v) is 4.09. The maximum absolute atomic E-state index is 13.1. The maximum atomic E-state index is 13.1. The predicted molar refractivity (Wildman–Crippen MR) is 46.7 cm³/mol. The molecule has 1 aromatic carbocycles. The summed E-state index contributed by atoms with van der Waals surface area (Å²) in [5.74, 6) is -0.198. The molecular formula is C8H9BrFN. The minimum atomic E-state index is -0.198. The summed E-state index contributed by atoms with van der Waals surface area (Å²) in [4.78, 5) is 0. The zero-order valence-corrected chi connectivity index (χ0v) is 7.78. The summed E-state index contributed by atoms with van der Waals surface area (Å²) in [5, 5.41) is 0. The van der Waals surface area contributed by atoms with Gasteiger partial charge in [0, 0.05) is 16.6 Å². The molecule has 1 aromatic rings. The van der Waals surface area contributed by atoms with Crippen molar-refractivity contribution in [2.24, 2.45) is 5.73 Å². The molecule has 1 nitrogen and oxygen atoms in total. The van der Waals surface area contributed by atoms with Gasteiger partial charge in [-0.2, -0.15) is 0 Å². The smallest absolute Gasteiger partial charge is 0.130 e. The lowest BCUT2D eigenvalue weighted by Gasteiger charge is -2.03. The quantitative estimate of drug-likeness (QED) is 0.769. The second-order valence-electron chi connectivity index (χ2n) is 2.40. The first kappa shape index (κ1) is 8.68. The minimum absolute atomic E-state index is 0.198. The Morgan fingerprint density at radius 1 is 1.55 bits per heavy atom. The minimum Gasteiger partial charge on any atom is -0.326 e. The van der Waals surface area contributed by atoms with Crippen molar-refractivity contribution in [3.8, 4) is 0 Å². The summed E-state index contributed by atoms with van der Waals surface area (Å²) in [5.41, 5.74) is 6.51. The van der Waals surface area contributed by atoms with Crippen molar-refractivity contribution in [1.29, 1.82) is 0 Å². The van der Waals surface area contributed by atoms with Crippen LogP contribution >= 0.6 is 15.9 Å². The van der Waals surface area contributed by atoms with Gasteiger partial charge in [-0.05, 0) is 24.6 Å². The van der Waals surface area contributed by atoms with Crippen molar-refractivity contribution in [2.75, 3.05) is 0 Å². The molecule has 0 saturated carbocycles. The topological polar surface area (TPSA) is 26.0 Å². The highest BCUT2D eigenvalue weighted by Crippen LogP contribution is 2.18. The SMILES string of the molecule is Cc1cc(Br)cc(CN)c1F. The van der Waals surface area contributed by atoms with Gasteiger partial charge >= 0.3 is 0 Å². The summed E-state index contributed by atoms with van der Waals surface area (Å²) in [7, 11) is 0. The molecule has 0 aliphatic rings. The normalized spacial score (nSPS) is 10.2. The molecule has 60 valence electrons. The van der Waals surface area contributed by atoms with E-state index in [1.165, 1.54) is 0 Å². The standard InChI is InChI=1S/C8H9BrFN/c1-5-2-7(9)3-6(4-11)8(5)10/h2-3H,4,11H2,1H3. The predicted octanol–water partition coefficient (Wildman–Crippen LogP) is 2.36. The highest BCUT2D eigenvalue weighted by atomic mass is 79.9. The Balaban J connectivity index is 3.24.